The van der Waals surface area contributed by atoms with Crippen LogP contribution in [0.5, 0.6) is 5.88 Å². The van der Waals surface area contributed by atoms with Crippen LogP contribution in [0.3, 0.4) is 0 Å². The number of carbonyl (C=O) groups is 1. The number of hydrogen-bond donors (Lipinski definition) is 0. The lowest BCUT2D eigenvalue weighted by Gasteiger charge is -2.23. The zero-order valence-electron chi connectivity index (χ0n) is 12.4. The monoisotopic (exact) mass is 316 g/mol. The van der Waals surface area contributed by atoms with Gasteiger partial charge in [0, 0.05) is 29.5 Å². The SMILES string of the molecule is COc1ccc(C(=O)N2CCCCc3cc(Cl)ccc32)cn1. The predicted octanol–water partition coefficient (Wildman–Crippen LogP) is 3.73. The molecule has 0 saturated heterocycles. The van der Waals surface area contributed by atoms with Crippen molar-refractivity contribution in [2.45, 2.75) is 19.3 Å². The van der Waals surface area contributed by atoms with Crippen molar-refractivity contribution in [1.82, 2.24) is 4.98 Å². The number of rotatable bonds is 2. The van der Waals surface area contributed by atoms with Crippen molar-refractivity contribution in [3.8, 4) is 5.88 Å². The summed E-state index contributed by atoms with van der Waals surface area (Å²) in [4.78, 5) is 18.7. The highest BCUT2D eigenvalue weighted by molar-refractivity contribution is 6.30. The molecule has 1 aromatic carbocycles. The van der Waals surface area contributed by atoms with Gasteiger partial charge in [0.05, 0.1) is 12.7 Å². The van der Waals surface area contributed by atoms with Gasteiger partial charge in [-0.2, -0.15) is 0 Å². The molecule has 2 heterocycles. The van der Waals surface area contributed by atoms with Gasteiger partial charge in [0.15, 0.2) is 0 Å². The Balaban J connectivity index is 1.94. The first-order valence-corrected chi connectivity index (χ1v) is 7.67. The number of benzene rings is 1. The second-order valence-corrected chi connectivity index (χ2v) is 5.71. The average Bonchev–Trinajstić information content (AvgIpc) is 2.76. The van der Waals surface area contributed by atoms with Crippen molar-refractivity contribution < 1.29 is 9.53 Å². The number of carbonyl (C=O) groups excluding carboxylic acids is 1. The van der Waals surface area contributed by atoms with Crippen LogP contribution in [-0.4, -0.2) is 24.5 Å². The molecular weight excluding hydrogens is 300 g/mol. The van der Waals surface area contributed by atoms with Crippen molar-refractivity contribution in [3.63, 3.8) is 0 Å². The molecule has 0 saturated carbocycles. The molecule has 3 rings (SSSR count). The van der Waals surface area contributed by atoms with Gasteiger partial charge in [-0.15, -0.1) is 0 Å². The normalized spacial score (nSPS) is 14.2. The Labute approximate surface area is 134 Å². The van der Waals surface area contributed by atoms with E-state index in [9.17, 15) is 4.79 Å². The van der Waals surface area contributed by atoms with Gasteiger partial charge >= 0.3 is 0 Å². The standard InChI is InChI=1S/C17H17ClN2O2/c1-22-16-8-5-13(11-19-16)17(21)20-9-3-2-4-12-10-14(18)6-7-15(12)20/h5-8,10-11H,2-4,9H2,1H3. The molecule has 1 aromatic heterocycles. The summed E-state index contributed by atoms with van der Waals surface area (Å²) in [6, 6.07) is 9.16. The first-order chi connectivity index (χ1) is 10.7. The number of hydrogen-bond acceptors (Lipinski definition) is 3. The number of aromatic nitrogens is 1. The van der Waals surface area contributed by atoms with E-state index in [1.807, 2.05) is 23.1 Å². The number of anilines is 1. The summed E-state index contributed by atoms with van der Waals surface area (Å²) in [5.74, 6) is 0.459. The lowest BCUT2D eigenvalue weighted by Crippen LogP contribution is -2.31. The summed E-state index contributed by atoms with van der Waals surface area (Å²) in [5.41, 5.74) is 2.63. The molecular formula is C17H17ClN2O2. The molecule has 0 aliphatic carbocycles. The first kappa shape index (κ1) is 14.9. The number of halogens is 1. The molecule has 0 spiro atoms. The highest BCUT2D eigenvalue weighted by atomic mass is 35.5. The predicted molar refractivity (Wildman–Crippen MR) is 86.9 cm³/mol. The van der Waals surface area contributed by atoms with Crippen LogP contribution in [-0.2, 0) is 6.42 Å². The molecule has 2 aromatic rings. The van der Waals surface area contributed by atoms with Gasteiger partial charge in [-0.3, -0.25) is 4.79 Å². The number of pyridine rings is 1. The van der Waals surface area contributed by atoms with Gasteiger partial charge in [0.25, 0.3) is 5.91 Å². The Morgan fingerprint density at radius 1 is 1.27 bits per heavy atom. The number of aryl methyl sites for hydroxylation is 1. The summed E-state index contributed by atoms with van der Waals surface area (Å²) in [5, 5.41) is 0.708. The Morgan fingerprint density at radius 3 is 2.86 bits per heavy atom. The first-order valence-electron chi connectivity index (χ1n) is 7.29. The minimum absolute atomic E-state index is 0.0411. The van der Waals surface area contributed by atoms with Crippen molar-refractivity contribution in [1.29, 1.82) is 0 Å². The Bertz CT molecular complexity index is 686. The molecule has 0 radical (unpaired) electrons. The maximum absolute atomic E-state index is 12.8. The third-order valence-corrected chi connectivity index (χ3v) is 4.08. The molecule has 114 valence electrons. The van der Waals surface area contributed by atoms with Crippen LogP contribution in [0, 0.1) is 0 Å². The maximum Gasteiger partial charge on any atom is 0.259 e. The molecule has 22 heavy (non-hydrogen) atoms. The highest BCUT2D eigenvalue weighted by Crippen LogP contribution is 2.30. The van der Waals surface area contributed by atoms with E-state index in [2.05, 4.69) is 4.98 Å². The number of amides is 1. The van der Waals surface area contributed by atoms with Crippen molar-refractivity contribution in [3.05, 3.63) is 52.7 Å². The molecule has 5 heteroatoms. The zero-order chi connectivity index (χ0) is 15.5. The highest BCUT2D eigenvalue weighted by Gasteiger charge is 2.22. The Morgan fingerprint density at radius 2 is 2.14 bits per heavy atom. The third-order valence-electron chi connectivity index (χ3n) is 3.85. The number of methoxy groups -OCH3 is 1. The number of nitrogens with zero attached hydrogens (tertiary/aromatic N) is 2. The molecule has 1 aliphatic heterocycles. The molecule has 0 fully saturated rings. The third kappa shape index (κ3) is 2.92. The largest absolute Gasteiger partial charge is 0.481 e. The van der Waals surface area contributed by atoms with Gasteiger partial charge < -0.3 is 9.64 Å². The van der Waals surface area contributed by atoms with Crippen LogP contribution in [0.4, 0.5) is 5.69 Å². The topological polar surface area (TPSA) is 42.4 Å². The number of fused-ring (bicyclic) bond motifs is 1. The van der Waals surface area contributed by atoms with Gasteiger partial charge in [-0.25, -0.2) is 4.98 Å². The van der Waals surface area contributed by atoms with Gasteiger partial charge in [0.1, 0.15) is 0 Å². The summed E-state index contributed by atoms with van der Waals surface area (Å²) in [6.07, 6.45) is 4.53. The van der Waals surface area contributed by atoms with E-state index in [1.165, 1.54) is 0 Å². The van der Waals surface area contributed by atoms with Gasteiger partial charge in [-0.05, 0) is 49.1 Å². The lowest BCUT2D eigenvalue weighted by atomic mass is 10.1. The fraction of sp³-hybridized carbons (Fsp3) is 0.294. The van der Waals surface area contributed by atoms with E-state index in [0.29, 0.717) is 23.0 Å². The van der Waals surface area contributed by atoms with E-state index in [0.717, 1.165) is 30.5 Å². The molecule has 4 nitrogen and oxygen atoms in total. The van der Waals surface area contributed by atoms with E-state index in [1.54, 1.807) is 25.4 Å². The minimum atomic E-state index is -0.0411. The van der Waals surface area contributed by atoms with E-state index in [4.69, 9.17) is 16.3 Å². The Hall–Kier alpha value is -2.07. The Kier molecular flexibility index (Phi) is 4.29. The summed E-state index contributed by atoms with van der Waals surface area (Å²) >= 11 is 6.08. The number of ether oxygens (including phenoxy) is 1. The van der Waals surface area contributed by atoms with Crippen LogP contribution >= 0.6 is 11.6 Å². The van der Waals surface area contributed by atoms with Gasteiger partial charge in [-0.1, -0.05) is 11.6 Å². The smallest absolute Gasteiger partial charge is 0.259 e. The fourth-order valence-corrected chi connectivity index (χ4v) is 2.91. The lowest BCUT2D eigenvalue weighted by molar-refractivity contribution is 0.0986. The van der Waals surface area contributed by atoms with Crippen molar-refractivity contribution in [2.24, 2.45) is 0 Å². The summed E-state index contributed by atoms with van der Waals surface area (Å²) in [6.45, 7) is 0.708. The second-order valence-electron chi connectivity index (χ2n) is 5.28. The van der Waals surface area contributed by atoms with Crippen LogP contribution in [0.2, 0.25) is 5.02 Å². The van der Waals surface area contributed by atoms with Crippen LogP contribution in [0.25, 0.3) is 0 Å². The molecule has 0 N–H and O–H groups in total. The maximum atomic E-state index is 12.8. The average molecular weight is 317 g/mol. The van der Waals surface area contributed by atoms with Crippen molar-refractivity contribution >= 4 is 23.2 Å². The molecule has 1 aliphatic rings. The van der Waals surface area contributed by atoms with Crippen LogP contribution in [0.15, 0.2) is 36.5 Å². The fourth-order valence-electron chi connectivity index (χ4n) is 2.72. The molecule has 0 atom stereocenters. The summed E-state index contributed by atoms with van der Waals surface area (Å²) < 4.78 is 5.03. The molecule has 0 bridgehead atoms. The molecule has 0 unspecified atom stereocenters. The van der Waals surface area contributed by atoms with E-state index >= 15 is 0 Å². The minimum Gasteiger partial charge on any atom is -0.481 e. The van der Waals surface area contributed by atoms with Crippen LogP contribution < -0.4 is 9.64 Å². The van der Waals surface area contributed by atoms with Crippen molar-refractivity contribution in [2.75, 3.05) is 18.6 Å². The summed E-state index contributed by atoms with van der Waals surface area (Å²) in [7, 11) is 1.55. The van der Waals surface area contributed by atoms with E-state index < -0.39 is 0 Å². The van der Waals surface area contributed by atoms with E-state index in [-0.39, 0.29) is 5.91 Å². The van der Waals surface area contributed by atoms with Gasteiger partial charge in [0.2, 0.25) is 5.88 Å². The van der Waals surface area contributed by atoms with Crippen LogP contribution in [0.1, 0.15) is 28.8 Å². The zero-order valence-corrected chi connectivity index (χ0v) is 13.1. The quantitative estimate of drug-likeness (QED) is 0.848. The molecule has 1 amide bonds. The second kappa shape index (κ2) is 6.36.